The maximum Gasteiger partial charge on any atom is 0.303 e. The van der Waals surface area contributed by atoms with Crippen molar-refractivity contribution in [3.63, 3.8) is 0 Å². The highest BCUT2D eigenvalue weighted by atomic mass is 16.4. The van der Waals surface area contributed by atoms with Gasteiger partial charge in [0.15, 0.2) is 0 Å². The number of carboxylic acid groups (broad SMARTS) is 1. The van der Waals surface area contributed by atoms with Gasteiger partial charge < -0.3 is 5.11 Å². The van der Waals surface area contributed by atoms with Crippen molar-refractivity contribution in [1.82, 2.24) is 0 Å². The van der Waals surface area contributed by atoms with Gasteiger partial charge >= 0.3 is 5.97 Å². The minimum Gasteiger partial charge on any atom is -0.481 e. The van der Waals surface area contributed by atoms with E-state index in [9.17, 15) is 4.79 Å². The quantitative estimate of drug-likeness (QED) is 0.490. The minimum absolute atomic E-state index is 0.172. The van der Waals surface area contributed by atoms with Gasteiger partial charge in [-0.3, -0.25) is 4.79 Å². The summed E-state index contributed by atoms with van der Waals surface area (Å²) in [5.74, 6) is -0.745. The molecule has 0 aromatic heterocycles. The summed E-state index contributed by atoms with van der Waals surface area (Å²) < 4.78 is 0. The van der Waals surface area contributed by atoms with Crippen molar-refractivity contribution in [3.05, 3.63) is 59.7 Å². The lowest BCUT2D eigenvalue weighted by Crippen LogP contribution is -1.98. The Kier molecular flexibility index (Phi) is 3.61. The Labute approximate surface area is 141 Å². The lowest BCUT2D eigenvalue weighted by molar-refractivity contribution is -0.136. The zero-order valence-electron chi connectivity index (χ0n) is 13.8. The first-order valence-corrected chi connectivity index (χ1v) is 8.59. The predicted octanol–water partition coefficient (Wildman–Crippen LogP) is 5.55. The van der Waals surface area contributed by atoms with E-state index in [2.05, 4.69) is 55.5 Å². The third-order valence-corrected chi connectivity index (χ3v) is 4.97. The smallest absolute Gasteiger partial charge is 0.303 e. The highest BCUT2D eigenvalue weighted by molar-refractivity contribution is 6.24. The Morgan fingerprint density at radius 1 is 0.792 bits per heavy atom. The van der Waals surface area contributed by atoms with Crippen LogP contribution < -0.4 is 0 Å². The Morgan fingerprint density at radius 3 is 1.79 bits per heavy atom. The summed E-state index contributed by atoms with van der Waals surface area (Å²) in [6.45, 7) is 2.21. The molecule has 2 heteroatoms. The van der Waals surface area contributed by atoms with Crippen LogP contribution in [0.15, 0.2) is 48.5 Å². The van der Waals surface area contributed by atoms with Crippen LogP contribution in [0.1, 0.15) is 30.9 Å². The standard InChI is InChI=1S/C22H20O2/c1-2-3-14-4-6-16-9-12-19-15(10-13-20(23)24)5-7-17-8-11-18(14)21(16)22(17)19/h4-9,11-12H,2-3,10,13H2,1H3,(H,23,24). The molecule has 0 aliphatic rings. The van der Waals surface area contributed by atoms with Crippen LogP contribution in [0.5, 0.6) is 0 Å². The molecule has 1 N–H and O–H groups in total. The average molecular weight is 316 g/mol. The van der Waals surface area contributed by atoms with Gasteiger partial charge in [0.05, 0.1) is 0 Å². The molecule has 120 valence electrons. The highest BCUT2D eigenvalue weighted by Gasteiger charge is 2.13. The summed E-state index contributed by atoms with van der Waals surface area (Å²) in [5.41, 5.74) is 2.52. The van der Waals surface area contributed by atoms with Crippen LogP contribution in [0.2, 0.25) is 0 Å². The second kappa shape index (κ2) is 5.79. The fraction of sp³-hybridized carbons (Fsp3) is 0.227. The number of carbonyl (C=O) groups is 1. The number of hydrogen-bond donors (Lipinski definition) is 1. The molecular formula is C22H20O2. The molecule has 2 nitrogen and oxygen atoms in total. The van der Waals surface area contributed by atoms with Crippen LogP contribution in [0.4, 0.5) is 0 Å². The van der Waals surface area contributed by atoms with E-state index in [-0.39, 0.29) is 6.42 Å². The van der Waals surface area contributed by atoms with E-state index in [0.717, 1.165) is 18.4 Å². The molecule has 0 unspecified atom stereocenters. The topological polar surface area (TPSA) is 37.3 Å². The maximum atomic E-state index is 11.0. The molecule has 0 aliphatic heterocycles. The molecule has 0 amide bonds. The van der Waals surface area contributed by atoms with Crippen molar-refractivity contribution in [1.29, 1.82) is 0 Å². The molecule has 24 heavy (non-hydrogen) atoms. The van der Waals surface area contributed by atoms with Gasteiger partial charge in [0.1, 0.15) is 0 Å². The molecule has 0 bridgehead atoms. The number of rotatable bonds is 5. The summed E-state index contributed by atoms with van der Waals surface area (Å²) in [6.07, 6.45) is 2.96. The van der Waals surface area contributed by atoms with Crippen LogP contribution >= 0.6 is 0 Å². The molecule has 0 saturated heterocycles. The van der Waals surface area contributed by atoms with E-state index >= 15 is 0 Å². The predicted molar refractivity (Wildman–Crippen MR) is 100 cm³/mol. The van der Waals surface area contributed by atoms with Gasteiger partial charge in [0.25, 0.3) is 0 Å². The Hall–Kier alpha value is -2.61. The lowest BCUT2D eigenvalue weighted by atomic mass is 9.88. The lowest BCUT2D eigenvalue weighted by Gasteiger charge is -2.15. The largest absolute Gasteiger partial charge is 0.481 e. The molecule has 0 saturated carbocycles. The first kappa shape index (κ1) is 14.9. The molecule has 0 spiro atoms. The summed E-state index contributed by atoms with van der Waals surface area (Å²) in [6, 6.07) is 17.4. The summed E-state index contributed by atoms with van der Waals surface area (Å²) in [4.78, 5) is 11.0. The molecule has 4 rings (SSSR count). The molecule has 0 atom stereocenters. The average Bonchev–Trinajstić information content (AvgIpc) is 2.59. The summed E-state index contributed by atoms with van der Waals surface area (Å²) >= 11 is 0. The van der Waals surface area contributed by atoms with Crippen LogP contribution in [0, 0.1) is 0 Å². The third-order valence-electron chi connectivity index (χ3n) is 4.97. The Balaban J connectivity index is 2.04. The SMILES string of the molecule is CCCc1ccc2ccc3c(CCC(=O)O)ccc4ccc1c2c43. The monoisotopic (exact) mass is 316 g/mol. The van der Waals surface area contributed by atoms with Crippen molar-refractivity contribution in [3.8, 4) is 0 Å². The van der Waals surface area contributed by atoms with Gasteiger partial charge in [-0.25, -0.2) is 0 Å². The van der Waals surface area contributed by atoms with Gasteiger partial charge in [0, 0.05) is 6.42 Å². The number of hydrogen-bond acceptors (Lipinski definition) is 1. The van der Waals surface area contributed by atoms with E-state index < -0.39 is 5.97 Å². The van der Waals surface area contributed by atoms with Crippen LogP contribution in [-0.4, -0.2) is 11.1 Å². The highest BCUT2D eigenvalue weighted by Crippen LogP contribution is 2.37. The fourth-order valence-electron chi connectivity index (χ4n) is 3.87. The van der Waals surface area contributed by atoms with Crippen LogP contribution in [-0.2, 0) is 17.6 Å². The second-order valence-corrected chi connectivity index (χ2v) is 6.52. The molecule has 4 aromatic rings. The van der Waals surface area contributed by atoms with E-state index in [1.165, 1.54) is 37.9 Å². The van der Waals surface area contributed by atoms with Gasteiger partial charge in [-0.05, 0) is 56.3 Å². The molecule has 4 aromatic carbocycles. The number of aliphatic carboxylic acids is 1. The van der Waals surface area contributed by atoms with Crippen LogP contribution in [0.25, 0.3) is 32.3 Å². The number of benzene rings is 4. The fourth-order valence-corrected chi connectivity index (χ4v) is 3.87. The van der Waals surface area contributed by atoms with Gasteiger partial charge in [-0.1, -0.05) is 61.9 Å². The normalized spacial score (nSPS) is 11.7. The van der Waals surface area contributed by atoms with E-state index in [0.29, 0.717) is 6.42 Å². The number of carboxylic acids is 1. The van der Waals surface area contributed by atoms with E-state index in [1.807, 2.05) is 0 Å². The van der Waals surface area contributed by atoms with Crippen molar-refractivity contribution < 1.29 is 9.90 Å². The third kappa shape index (κ3) is 2.30. The minimum atomic E-state index is -0.745. The van der Waals surface area contributed by atoms with Gasteiger partial charge in [0.2, 0.25) is 0 Å². The summed E-state index contributed by atoms with van der Waals surface area (Å²) in [7, 11) is 0. The Bertz CT molecular complexity index is 1050. The second-order valence-electron chi connectivity index (χ2n) is 6.52. The van der Waals surface area contributed by atoms with Crippen molar-refractivity contribution in [2.24, 2.45) is 0 Å². The van der Waals surface area contributed by atoms with E-state index in [1.54, 1.807) is 0 Å². The zero-order chi connectivity index (χ0) is 16.7. The molecule has 0 aliphatic carbocycles. The zero-order valence-corrected chi connectivity index (χ0v) is 13.8. The van der Waals surface area contributed by atoms with Crippen molar-refractivity contribution >= 4 is 38.3 Å². The van der Waals surface area contributed by atoms with Gasteiger partial charge in [-0.15, -0.1) is 0 Å². The molecule has 0 radical (unpaired) electrons. The maximum absolute atomic E-state index is 11.0. The first-order chi connectivity index (χ1) is 11.7. The van der Waals surface area contributed by atoms with Crippen molar-refractivity contribution in [2.45, 2.75) is 32.6 Å². The van der Waals surface area contributed by atoms with Crippen molar-refractivity contribution in [2.75, 3.05) is 0 Å². The molecule has 0 heterocycles. The molecule has 0 fully saturated rings. The van der Waals surface area contributed by atoms with E-state index in [4.69, 9.17) is 5.11 Å². The summed E-state index contributed by atoms with van der Waals surface area (Å²) in [5, 5.41) is 16.6. The molecular weight excluding hydrogens is 296 g/mol. The van der Waals surface area contributed by atoms with Gasteiger partial charge in [-0.2, -0.15) is 0 Å². The van der Waals surface area contributed by atoms with Crippen LogP contribution in [0.3, 0.4) is 0 Å². The number of aryl methyl sites for hydroxylation is 2. The Morgan fingerprint density at radius 2 is 1.29 bits per heavy atom. The first-order valence-electron chi connectivity index (χ1n) is 8.59.